The van der Waals surface area contributed by atoms with Crippen molar-refractivity contribution in [3.63, 3.8) is 0 Å². The molecule has 0 aliphatic heterocycles. The lowest BCUT2D eigenvalue weighted by Crippen LogP contribution is -2.27. The molecule has 5 aromatic rings. The van der Waals surface area contributed by atoms with Gasteiger partial charge in [-0.25, -0.2) is 9.78 Å². The van der Waals surface area contributed by atoms with Crippen molar-refractivity contribution >= 4 is 50.0 Å². The molecule has 0 amide bonds. The van der Waals surface area contributed by atoms with E-state index in [1.807, 2.05) is 26.0 Å². The average molecular weight is 559 g/mol. The van der Waals surface area contributed by atoms with Crippen molar-refractivity contribution in [1.82, 2.24) is 14.5 Å². The van der Waals surface area contributed by atoms with E-state index in [0.717, 1.165) is 16.7 Å². The fourth-order valence-electron chi connectivity index (χ4n) is 4.70. The van der Waals surface area contributed by atoms with Crippen LogP contribution in [0.1, 0.15) is 38.6 Å². The molecule has 0 aliphatic rings. The van der Waals surface area contributed by atoms with Crippen LogP contribution in [0.15, 0.2) is 40.5 Å². The van der Waals surface area contributed by atoms with Gasteiger partial charge in [0.1, 0.15) is 24.3 Å². The molecule has 0 spiro atoms. The predicted octanol–water partition coefficient (Wildman–Crippen LogP) is 6.21. The van der Waals surface area contributed by atoms with Crippen molar-refractivity contribution in [3.8, 4) is 22.9 Å². The van der Waals surface area contributed by atoms with Crippen LogP contribution in [0.25, 0.3) is 32.2 Å². The topological polar surface area (TPSA) is 118 Å². The predicted molar refractivity (Wildman–Crippen MR) is 152 cm³/mol. The van der Waals surface area contributed by atoms with Crippen LogP contribution in [0.2, 0.25) is 5.02 Å². The molecule has 5 rings (SSSR count). The summed E-state index contributed by atoms with van der Waals surface area (Å²) in [6.45, 7) is 7.63. The van der Waals surface area contributed by atoms with Gasteiger partial charge in [0.15, 0.2) is 0 Å². The molecule has 2 aromatic carbocycles. The summed E-state index contributed by atoms with van der Waals surface area (Å²) in [6, 6.07) is 11.1. The van der Waals surface area contributed by atoms with Crippen molar-refractivity contribution < 1.29 is 14.6 Å². The third-order valence-corrected chi connectivity index (χ3v) is 7.99. The molecular formula is C29H23ClN4O4S. The number of aryl methyl sites for hydroxylation is 3. The minimum Gasteiger partial charge on any atom is -0.491 e. The lowest BCUT2D eigenvalue weighted by atomic mass is 9.99. The average Bonchev–Trinajstić information content (AvgIpc) is 3.31. The summed E-state index contributed by atoms with van der Waals surface area (Å²) >= 11 is 7.65. The molecule has 0 bridgehead atoms. The first kappa shape index (κ1) is 26.4. The zero-order valence-corrected chi connectivity index (χ0v) is 23.2. The summed E-state index contributed by atoms with van der Waals surface area (Å²) in [5.41, 5.74) is 4.89. The first-order valence-corrected chi connectivity index (χ1v) is 13.3. The van der Waals surface area contributed by atoms with E-state index < -0.39 is 5.97 Å². The van der Waals surface area contributed by atoms with Gasteiger partial charge in [-0.3, -0.25) is 14.3 Å². The van der Waals surface area contributed by atoms with Crippen LogP contribution in [-0.2, 0) is 6.54 Å². The number of aromatic nitrogens is 3. The molecule has 0 unspecified atom stereocenters. The van der Waals surface area contributed by atoms with Crippen LogP contribution >= 0.6 is 22.9 Å². The van der Waals surface area contributed by atoms with E-state index in [1.54, 1.807) is 37.4 Å². The van der Waals surface area contributed by atoms with Crippen molar-refractivity contribution in [2.24, 2.45) is 0 Å². The number of ether oxygens (including phenoxy) is 1. The van der Waals surface area contributed by atoms with E-state index in [9.17, 15) is 20.0 Å². The second kappa shape index (κ2) is 10.1. The van der Waals surface area contributed by atoms with Crippen LogP contribution in [0.5, 0.6) is 5.75 Å². The molecule has 3 aromatic heterocycles. The number of halogens is 1. The number of benzene rings is 2. The lowest BCUT2D eigenvalue weighted by Gasteiger charge is -2.16. The Hall–Kier alpha value is -4.26. The van der Waals surface area contributed by atoms with Gasteiger partial charge in [0, 0.05) is 27.2 Å². The molecule has 8 nitrogen and oxygen atoms in total. The number of thiophene rings is 1. The molecule has 0 saturated carbocycles. The quantitative estimate of drug-likeness (QED) is 0.263. The Labute approximate surface area is 232 Å². The maximum absolute atomic E-state index is 13.5. The number of fused-ring (bicyclic) bond motifs is 2. The molecule has 196 valence electrons. The summed E-state index contributed by atoms with van der Waals surface area (Å²) in [5.74, 6) is 0.00798. The fraction of sp³-hybridized carbons (Fsp3) is 0.207. The Balaban J connectivity index is 1.52. The maximum atomic E-state index is 13.5. The standard InChI is InChI=1S/C29H23ClN4O4S/c1-14-9-23-25(21(12-31)16(14)3)28(35)34(17(4)33-23)7-8-38-24-6-5-18(30)11-19(24)20-10-15(2)32-26-22(29(36)37)13-39-27(20)26/h5-6,9-11,13H,7-8H2,1-4H3,(H,36,37). The second-order valence-electron chi connectivity index (χ2n) is 9.25. The number of aromatic carboxylic acids is 1. The molecule has 0 saturated heterocycles. The summed E-state index contributed by atoms with van der Waals surface area (Å²) in [5, 5.41) is 21.7. The van der Waals surface area contributed by atoms with E-state index in [1.165, 1.54) is 15.9 Å². The zero-order chi connectivity index (χ0) is 28.0. The third kappa shape index (κ3) is 4.62. The number of nitrogens with zero attached hydrogens (tertiary/aromatic N) is 4. The molecule has 3 heterocycles. The highest BCUT2D eigenvalue weighted by molar-refractivity contribution is 7.18. The molecule has 1 N–H and O–H groups in total. The summed E-state index contributed by atoms with van der Waals surface area (Å²) in [7, 11) is 0. The number of carbonyl (C=O) groups is 1. The molecule has 0 radical (unpaired) electrons. The first-order valence-electron chi connectivity index (χ1n) is 12.1. The number of carboxylic acid groups (broad SMARTS) is 1. The van der Waals surface area contributed by atoms with E-state index >= 15 is 0 Å². The molecule has 0 atom stereocenters. The Bertz CT molecular complexity index is 1920. The molecule has 10 heteroatoms. The van der Waals surface area contributed by atoms with Crippen LogP contribution in [0.4, 0.5) is 0 Å². The Kier molecular flexibility index (Phi) is 6.85. The highest BCUT2D eigenvalue weighted by Gasteiger charge is 2.20. The van der Waals surface area contributed by atoms with Gasteiger partial charge in [0.05, 0.1) is 38.8 Å². The van der Waals surface area contributed by atoms with E-state index in [2.05, 4.69) is 16.0 Å². The number of rotatable bonds is 6. The monoisotopic (exact) mass is 558 g/mol. The van der Waals surface area contributed by atoms with Gasteiger partial charge in [-0.2, -0.15) is 5.26 Å². The Morgan fingerprint density at radius 2 is 1.92 bits per heavy atom. The van der Waals surface area contributed by atoms with Crippen LogP contribution in [0, 0.1) is 39.0 Å². The minimum absolute atomic E-state index is 0.144. The van der Waals surface area contributed by atoms with E-state index in [-0.39, 0.29) is 24.3 Å². The normalized spacial score (nSPS) is 11.2. The largest absolute Gasteiger partial charge is 0.491 e. The third-order valence-electron chi connectivity index (χ3n) is 6.76. The highest BCUT2D eigenvalue weighted by Crippen LogP contribution is 2.40. The maximum Gasteiger partial charge on any atom is 0.338 e. The molecule has 0 fully saturated rings. The van der Waals surface area contributed by atoms with Crippen molar-refractivity contribution in [2.75, 3.05) is 6.61 Å². The first-order chi connectivity index (χ1) is 18.6. The van der Waals surface area contributed by atoms with Gasteiger partial charge in [0.25, 0.3) is 5.56 Å². The van der Waals surface area contributed by atoms with E-state index in [4.69, 9.17) is 16.3 Å². The van der Waals surface area contributed by atoms with Gasteiger partial charge in [-0.05, 0) is 69.2 Å². The fourth-order valence-corrected chi connectivity index (χ4v) is 5.88. The zero-order valence-electron chi connectivity index (χ0n) is 21.6. The van der Waals surface area contributed by atoms with Crippen LogP contribution in [-0.4, -0.2) is 32.2 Å². The summed E-state index contributed by atoms with van der Waals surface area (Å²) < 4.78 is 8.40. The van der Waals surface area contributed by atoms with Gasteiger partial charge in [-0.1, -0.05) is 11.6 Å². The van der Waals surface area contributed by atoms with Crippen LogP contribution < -0.4 is 10.3 Å². The Morgan fingerprint density at radius 3 is 2.64 bits per heavy atom. The van der Waals surface area contributed by atoms with Crippen molar-refractivity contribution in [2.45, 2.75) is 34.2 Å². The number of pyridine rings is 1. The number of nitriles is 1. The van der Waals surface area contributed by atoms with Gasteiger partial charge >= 0.3 is 5.97 Å². The van der Waals surface area contributed by atoms with Gasteiger partial charge in [-0.15, -0.1) is 11.3 Å². The van der Waals surface area contributed by atoms with Crippen LogP contribution in [0.3, 0.4) is 0 Å². The Morgan fingerprint density at radius 1 is 1.15 bits per heavy atom. The number of carboxylic acids is 1. The second-order valence-corrected chi connectivity index (χ2v) is 10.6. The molecule has 39 heavy (non-hydrogen) atoms. The lowest BCUT2D eigenvalue weighted by molar-refractivity contribution is 0.0699. The van der Waals surface area contributed by atoms with Crippen molar-refractivity contribution in [3.05, 3.63) is 84.9 Å². The smallest absolute Gasteiger partial charge is 0.338 e. The summed E-state index contributed by atoms with van der Waals surface area (Å²) in [6.07, 6.45) is 0. The highest BCUT2D eigenvalue weighted by atomic mass is 35.5. The summed E-state index contributed by atoms with van der Waals surface area (Å²) in [4.78, 5) is 34.2. The SMILES string of the molecule is Cc1cc(-c2cc(Cl)ccc2OCCn2c(C)nc3cc(C)c(C)c(C#N)c3c2=O)c2scc(C(=O)O)c2n1. The van der Waals surface area contributed by atoms with Gasteiger partial charge in [0.2, 0.25) is 0 Å². The molecule has 0 aliphatic carbocycles. The molecular weight excluding hydrogens is 536 g/mol. The van der Waals surface area contributed by atoms with Crippen molar-refractivity contribution in [1.29, 1.82) is 5.26 Å². The number of hydrogen-bond acceptors (Lipinski definition) is 7. The minimum atomic E-state index is -1.04. The number of hydrogen-bond donors (Lipinski definition) is 1. The van der Waals surface area contributed by atoms with Gasteiger partial charge < -0.3 is 9.84 Å². The van der Waals surface area contributed by atoms with E-state index in [0.29, 0.717) is 54.5 Å².